The van der Waals surface area contributed by atoms with Crippen LogP contribution in [0.2, 0.25) is 5.02 Å². The third kappa shape index (κ3) is 4.37. The number of carbonyl (C=O) groups is 1. The first kappa shape index (κ1) is 21.6. The van der Waals surface area contributed by atoms with E-state index in [1.165, 1.54) is 22.9 Å². The predicted octanol–water partition coefficient (Wildman–Crippen LogP) is 2.82. The topological polar surface area (TPSA) is 60.9 Å². The van der Waals surface area contributed by atoms with E-state index in [4.69, 9.17) is 11.6 Å². The molecule has 3 rings (SSSR count). The number of carbonyl (C=O) groups excluding carboxylic acids is 1. The van der Waals surface area contributed by atoms with E-state index in [1.54, 1.807) is 12.1 Å². The molecule has 0 spiro atoms. The number of sulfonamides is 1. The van der Waals surface area contributed by atoms with E-state index in [0.717, 1.165) is 12.8 Å². The van der Waals surface area contributed by atoms with Crippen LogP contribution in [-0.2, 0) is 14.8 Å². The maximum Gasteiger partial charge on any atom is 0.243 e. The molecule has 28 heavy (non-hydrogen) atoms. The van der Waals surface area contributed by atoms with Crippen LogP contribution >= 0.6 is 11.6 Å². The van der Waals surface area contributed by atoms with Crippen molar-refractivity contribution in [2.75, 3.05) is 26.2 Å². The Kier molecular flexibility index (Phi) is 6.69. The van der Waals surface area contributed by atoms with Crippen molar-refractivity contribution in [1.29, 1.82) is 0 Å². The van der Waals surface area contributed by atoms with Gasteiger partial charge in [-0.25, -0.2) is 8.42 Å². The molecule has 1 amide bonds. The Hall–Kier alpha value is -1.15. The number of piperazine rings is 1. The van der Waals surface area contributed by atoms with Crippen LogP contribution in [0.4, 0.5) is 0 Å². The number of rotatable bonds is 4. The molecule has 0 bridgehead atoms. The molecule has 1 aromatic carbocycles. The van der Waals surface area contributed by atoms with E-state index in [-0.39, 0.29) is 28.9 Å². The molecule has 156 valence electrons. The number of amides is 1. The van der Waals surface area contributed by atoms with Crippen LogP contribution in [0.3, 0.4) is 0 Å². The van der Waals surface area contributed by atoms with E-state index in [0.29, 0.717) is 31.2 Å². The first-order valence-electron chi connectivity index (χ1n) is 10.0. The van der Waals surface area contributed by atoms with Crippen LogP contribution in [0.25, 0.3) is 0 Å². The minimum Gasteiger partial charge on any atom is -0.336 e. The van der Waals surface area contributed by atoms with Crippen molar-refractivity contribution >= 4 is 27.5 Å². The second-order valence-electron chi connectivity index (χ2n) is 7.94. The number of piperidine rings is 1. The van der Waals surface area contributed by atoms with Gasteiger partial charge in [-0.15, -0.1) is 0 Å². The Labute approximate surface area is 173 Å². The molecule has 0 saturated carbocycles. The Morgan fingerprint density at radius 2 is 1.57 bits per heavy atom. The summed E-state index contributed by atoms with van der Waals surface area (Å²) in [5, 5.41) is 0.511. The lowest BCUT2D eigenvalue weighted by molar-refractivity contribution is -0.143. The Bertz CT molecular complexity index is 781. The SMILES string of the molecule is C[C@H](C(=O)N1[C@H](C)CCC[C@@H]1C)N1CCN(S(=O)(=O)c2ccc(Cl)cc2)CC1. The molecule has 8 heteroatoms. The summed E-state index contributed by atoms with van der Waals surface area (Å²) in [4.78, 5) is 17.5. The molecule has 6 nitrogen and oxygen atoms in total. The van der Waals surface area contributed by atoms with Crippen LogP contribution in [-0.4, -0.2) is 72.7 Å². The molecule has 2 saturated heterocycles. The second-order valence-corrected chi connectivity index (χ2v) is 10.3. The quantitative estimate of drug-likeness (QED) is 0.741. The first-order valence-corrected chi connectivity index (χ1v) is 11.9. The van der Waals surface area contributed by atoms with Crippen molar-refractivity contribution in [2.45, 2.75) is 63.1 Å². The largest absolute Gasteiger partial charge is 0.336 e. The van der Waals surface area contributed by atoms with Gasteiger partial charge < -0.3 is 4.90 Å². The van der Waals surface area contributed by atoms with Crippen molar-refractivity contribution in [3.8, 4) is 0 Å². The smallest absolute Gasteiger partial charge is 0.243 e. The lowest BCUT2D eigenvalue weighted by atomic mass is 9.96. The number of nitrogens with zero attached hydrogens (tertiary/aromatic N) is 3. The van der Waals surface area contributed by atoms with Crippen molar-refractivity contribution in [1.82, 2.24) is 14.1 Å². The molecule has 0 aliphatic carbocycles. The highest BCUT2D eigenvalue weighted by atomic mass is 35.5. The molecule has 3 atom stereocenters. The van der Waals surface area contributed by atoms with Crippen LogP contribution < -0.4 is 0 Å². The fourth-order valence-corrected chi connectivity index (χ4v) is 5.86. The normalized spacial score (nSPS) is 26.2. The van der Waals surface area contributed by atoms with Crippen molar-refractivity contribution in [3.63, 3.8) is 0 Å². The maximum atomic E-state index is 13.1. The minimum atomic E-state index is -3.53. The lowest BCUT2D eigenvalue weighted by Crippen LogP contribution is -2.58. The van der Waals surface area contributed by atoms with Gasteiger partial charge in [-0.3, -0.25) is 9.69 Å². The number of likely N-dealkylation sites (tertiary alicyclic amines) is 1. The summed E-state index contributed by atoms with van der Waals surface area (Å²) in [6, 6.07) is 6.56. The molecule has 2 aliphatic heterocycles. The monoisotopic (exact) mass is 427 g/mol. The summed E-state index contributed by atoms with van der Waals surface area (Å²) in [5.74, 6) is 0.161. The number of benzene rings is 1. The lowest BCUT2D eigenvalue weighted by Gasteiger charge is -2.43. The van der Waals surface area contributed by atoms with Crippen LogP contribution in [0.5, 0.6) is 0 Å². The summed E-state index contributed by atoms with van der Waals surface area (Å²) < 4.78 is 27.2. The molecular weight excluding hydrogens is 398 g/mol. The third-order valence-corrected chi connectivity index (χ3v) is 8.24. The van der Waals surface area contributed by atoms with Gasteiger partial charge in [0, 0.05) is 43.3 Å². The van der Waals surface area contributed by atoms with E-state index in [1.807, 2.05) is 11.8 Å². The highest BCUT2D eigenvalue weighted by Crippen LogP contribution is 2.25. The Balaban J connectivity index is 1.63. The standard InChI is InChI=1S/C20H30ClN3O3S/c1-15-5-4-6-16(2)24(15)20(25)17(3)22-11-13-23(14-12-22)28(26,27)19-9-7-18(21)8-10-19/h7-10,15-17H,4-6,11-14H2,1-3H3/t15-,16+,17-/m1/s1. The van der Waals surface area contributed by atoms with E-state index < -0.39 is 10.0 Å². The Morgan fingerprint density at radius 1 is 1.04 bits per heavy atom. The molecule has 2 aliphatic rings. The zero-order valence-corrected chi connectivity index (χ0v) is 18.4. The number of hydrogen-bond acceptors (Lipinski definition) is 4. The third-order valence-electron chi connectivity index (χ3n) is 6.08. The molecule has 0 unspecified atom stereocenters. The van der Waals surface area contributed by atoms with Gasteiger partial charge in [-0.2, -0.15) is 4.31 Å². The number of hydrogen-bond donors (Lipinski definition) is 0. The summed E-state index contributed by atoms with van der Waals surface area (Å²) >= 11 is 5.86. The molecule has 0 aromatic heterocycles. The van der Waals surface area contributed by atoms with Crippen LogP contribution in [0.1, 0.15) is 40.0 Å². The van der Waals surface area contributed by atoms with Crippen LogP contribution in [0.15, 0.2) is 29.2 Å². The Morgan fingerprint density at radius 3 is 2.11 bits per heavy atom. The van der Waals surface area contributed by atoms with Crippen molar-refractivity contribution in [2.24, 2.45) is 0 Å². The van der Waals surface area contributed by atoms with E-state index in [2.05, 4.69) is 18.7 Å². The molecule has 0 radical (unpaired) electrons. The summed E-state index contributed by atoms with van der Waals surface area (Å²) in [5.41, 5.74) is 0. The fourth-order valence-electron chi connectivity index (χ4n) is 4.31. The molecule has 2 heterocycles. The van der Waals surface area contributed by atoms with E-state index >= 15 is 0 Å². The second kappa shape index (κ2) is 8.69. The zero-order valence-electron chi connectivity index (χ0n) is 16.8. The number of halogens is 1. The van der Waals surface area contributed by atoms with Gasteiger partial charge in [0.05, 0.1) is 10.9 Å². The minimum absolute atomic E-state index is 0.161. The summed E-state index contributed by atoms with van der Waals surface area (Å²) in [6.45, 7) is 8.06. The van der Waals surface area contributed by atoms with Gasteiger partial charge in [0.15, 0.2) is 0 Å². The van der Waals surface area contributed by atoms with Gasteiger partial charge in [0.2, 0.25) is 15.9 Å². The molecular formula is C20H30ClN3O3S. The fraction of sp³-hybridized carbons (Fsp3) is 0.650. The highest BCUT2D eigenvalue weighted by Gasteiger charge is 2.36. The molecule has 2 fully saturated rings. The van der Waals surface area contributed by atoms with Gasteiger partial charge >= 0.3 is 0 Å². The van der Waals surface area contributed by atoms with Gasteiger partial charge in [-0.05, 0) is 64.3 Å². The predicted molar refractivity (Wildman–Crippen MR) is 111 cm³/mol. The molecule has 0 N–H and O–H groups in total. The first-order chi connectivity index (χ1) is 13.2. The average molecular weight is 428 g/mol. The average Bonchev–Trinajstić information content (AvgIpc) is 2.67. The van der Waals surface area contributed by atoms with Gasteiger partial charge in [0.25, 0.3) is 0 Å². The maximum absolute atomic E-state index is 13.1. The van der Waals surface area contributed by atoms with E-state index in [9.17, 15) is 13.2 Å². The van der Waals surface area contributed by atoms with Crippen molar-refractivity contribution < 1.29 is 13.2 Å². The van der Waals surface area contributed by atoms with Crippen LogP contribution in [0, 0.1) is 0 Å². The summed E-state index contributed by atoms with van der Waals surface area (Å²) in [6.07, 6.45) is 3.27. The zero-order chi connectivity index (χ0) is 20.5. The van der Waals surface area contributed by atoms with Crippen molar-refractivity contribution in [3.05, 3.63) is 29.3 Å². The van der Waals surface area contributed by atoms with Gasteiger partial charge in [0.1, 0.15) is 0 Å². The molecule has 1 aromatic rings. The highest BCUT2D eigenvalue weighted by molar-refractivity contribution is 7.89. The summed E-state index contributed by atoms with van der Waals surface area (Å²) in [7, 11) is -3.53. The van der Waals surface area contributed by atoms with Gasteiger partial charge in [-0.1, -0.05) is 11.6 Å².